The third-order valence-corrected chi connectivity index (χ3v) is 3.14. The van der Waals surface area contributed by atoms with Crippen molar-refractivity contribution in [1.82, 2.24) is 4.98 Å². The molecule has 0 aliphatic heterocycles. The van der Waals surface area contributed by atoms with Gasteiger partial charge in [0, 0.05) is 33.8 Å². The smallest absolute Gasteiger partial charge is 0.0422 e. The molecule has 0 spiro atoms. The van der Waals surface area contributed by atoms with Crippen LogP contribution >= 0.6 is 27.5 Å². The molecule has 2 nitrogen and oxygen atoms in total. The molecule has 4 heteroatoms. The van der Waals surface area contributed by atoms with Gasteiger partial charge in [-0.15, -0.1) is 0 Å². The minimum Gasteiger partial charge on any atom is -0.324 e. The van der Waals surface area contributed by atoms with Gasteiger partial charge < -0.3 is 5.73 Å². The number of halogens is 2. The van der Waals surface area contributed by atoms with Gasteiger partial charge in [0.2, 0.25) is 0 Å². The van der Waals surface area contributed by atoms with Crippen molar-refractivity contribution in [3.8, 4) is 0 Å². The summed E-state index contributed by atoms with van der Waals surface area (Å²) in [5, 5.41) is 0.686. The minimum atomic E-state index is -0.0973. The second-order valence-corrected chi connectivity index (χ2v) is 5.19. The molecule has 2 rings (SSSR count). The highest BCUT2D eigenvalue weighted by atomic mass is 79.9. The predicted octanol–water partition coefficient (Wildman–Crippen LogP) is 3.74. The van der Waals surface area contributed by atoms with E-state index in [0.29, 0.717) is 11.4 Å². The van der Waals surface area contributed by atoms with Gasteiger partial charge in [-0.05, 0) is 35.9 Å². The lowest BCUT2D eigenvalue weighted by atomic mass is 10.0. The van der Waals surface area contributed by atoms with E-state index in [1.807, 2.05) is 36.4 Å². The van der Waals surface area contributed by atoms with Crippen molar-refractivity contribution in [2.45, 2.75) is 12.5 Å². The van der Waals surface area contributed by atoms with Gasteiger partial charge in [-0.2, -0.15) is 0 Å². The molecule has 17 heavy (non-hydrogen) atoms. The fourth-order valence-electron chi connectivity index (χ4n) is 1.65. The molecule has 1 heterocycles. The Morgan fingerprint density at radius 2 is 2.12 bits per heavy atom. The second-order valence-electron chi connectivity index (χ2n) is 3.83. The molecule has 0 radical (unpaired) electrons. The minimum absolute atomic E-state index is 0.0973. The molecule has 0 aliphatic carbocycles. The monoisotopic (exact) mass is 310 g/mol. The molecule has 1 unspecified atom stereocenters. The Hall–Kier alpha value is -0.900. The average molecular weight is 312 g/mol. The van der Waals surface area contributed by atoms with Crippen LogP contribution in [0.3, 0.4) is 0 Å². The van der Waals surface area contributed by atoms with Gasteiger partial charge in [-0.25, -0.2) is 0 Å². The topological polar surface area (TPSA) is 38.9 Å². The maximum absolute atomic E-state index is 6.15. The summed E-state index contributed by atoms with van der Waals surface area (Å²) in [5.74, 6) is 0. The van der Waals surface area contributed by atoms with Crippen LogP contribution in [0, 0.1) is 0 Å². The SMILES string of the molecule is NC(Cc1ccccn1)c1cc(Cl)cc(Br)c1. The summed E-state index contributed by atoms with van der Waals surface area (Å²) >= 11 is 9.41. The van der Waals surface area contributed by atoms with Crippen LogP contribution in [0.5, 0.6) is 0 Å². The van der Waals surface area contributed by atoms with Crippen LogP contribution in [0.25, 0.3) is 0 Å². The zero-order valence-corrected chi connectivity index (χ0v) is 11.4. The van der Waals surface area contributed by atoms with Crippen LogP contribution < -0.4 is 5.73 Å². The number of rotatable bonds is 3. The average Bonchev–Trinajstić information content (AvgIpc) is 2.29. The molecule has 2 aromatic rings. The summed E-state index contributed by atoms with van der Waals surface area (Å²) in [6, 6.07) is 11.4. The lowest BCUT2D eigenvalue weighted by Gasteiger charge is -2.12. The van der Waals surface area contributed by atoms with Crippen molar-refractivity contribution in [2.75, 3.05) is 0 Å². The largest absolute Gasteiger partial charge is 0.324 e. The number of aromatic nitrogens is 1. The number of benzene rings is 1. The highest BCUT2D eigenvalue weighted by Gasteiger charge is 2.09. The van der Waals surface area contributed by atoms with E-state index in [0.717, 1.165) is 15.7 Å². The highest BCUT2D eigenvalue weighted by Crippen LogP contribution is 2.24. The van der Waals surface area contributed by atoms with Crippen LogP contribution in [0.1, 0.15) is 17.3 Å². The van der Waals surface area contributed by atoms with Crippen LogP contribution in [-0.2, 0) is 6.42 Å². The Labute approximate surface area is 114 Å². The van der Waals surface area contributed by atoms with Crippen LogP contribution in [-0.4, -0.2) is 4.98 Å². The molecule has 0 saturated heterocycles. The van der Waals surface area contributed by atoms with Gasteiger partial charge in [0.15, 0.2) is 0 Å². The van der Waals surface area contributed by atoms with E-state index in [-0.39, 0.29) is 6.04 Å². The van der Waals surface area contributed by atoms with E-state index < -0.39 is 0 Å². The van der Waals surface area contributed by atoms with Crippen LogP contribution in [0.4, 0.5) is 0 Å². The molecule has 0 bridgehead atoms. The summed E-state index contributed by atoms with van der Waals surface area (Å²) in [4.78, 5) is 4.26. The fraction of sp³-hybridized carbons (Fsp3) is 0.154. The maximum atomic E-state index is 6.15. The summed E-state index contributed by atoms with van der Waals surface area (Å²) in [6.45, 7) is 0. The van der Waals surface area contributed by atoms with Gasteiger partial charge in [0.25, 0.3) is 0 Å². The summed E-state index contributed by atoms with van der Waals surface area (Å²) < 4.78 is 0.941. The standard InChI is InChI=1S/C13H12BrClN2/c14-10-5-9(6-11(15)7-10)13(16)8-12-3-1-2-4-17-12/h1-7,13H,8,16H2. The zero-order chi connectivity index (χ0) is 12.3. The summed E-state index contributed by atoms with van der Waals surface area (Å²) in [6.07, 6.45) is 2.48. The molecule has 0 amide bonds. The van der Waals surface area contributed by atoms with E-state index in [9.17, 15) is 0 Å². The lowest BCUT2D eigenvalue weighted by molar-refractivity contribution is 0.706. The number of hydrogen-bond donors (Lipinski definition) is 1. The molecule has 88 valence electrons. The third-order valence-electron chi connectivity index (χ3n) is 2.47. The Balaban J connectivity index is 2.17. The Morgan fingerprint density at radius 1 is 1.29 bits per heavy atom. The first-order chi connectivity index (χ1) is 8.15. The Bertz CT molecular complexity index is 482. The number of nitrogens with two attached hydrogens (primary N) is 1. The first-order valence-corrected chi connectivity index (χ1v) is 6.44. The molecule has 1 aromatic heterocycles. The molecular formula is C13H12BrClN2. The normalized spacial score (nSPS) is 12.4. The van der Waals surface area contributed by atoms with E-state index in [4.69, 9.17) is 17.3 Å². The molecule has 0 fully saturated rings. The Kier molecular flexibility index (Phi) is 4.15. The van der Waals surface area contributed by atoms with E-state index >= 15 is 0 Å². The number of nitrogens with zero attached hydrogens (tertiary/aromatic N) is 1. The molecular weight excluding hydrogens is 300 g/mol. The van der Waals surface area contributed by atoms with Crippen molar-refractivity contribution in [3.05, 3.63) is 63.3 Å². The highest BCUT2D eigenvalue weighted by molar-refractivity contribution is 9.10. The van der Waals surface area contributed by atoms with Crippen molar-refractivity contribution < 1.29 is 0 Å². The van der Waals surface area contributed by atoms with Gasteiger partial charge in [-0.1, -0.05) is 33.6 Å². The second kappa shape index (κ2) is 5.63. The van der Waals surface area contributed by atoms with Gasteiger partial charge >= 0.3 is 0 Å². The number of pyridine rings is 1. The molecule has 1 aromatic carbocycles. The molecule has 2 N–H and O–H groups in total. The molecule has 1 atom stereocenters. The first kappa shape index (κ1) is 12.6. The third kappa shape index (κ3) is 3.53. The van der Waals surface area contributed by atoms with Crippen molar-refractivity contribution in [2.24, 2.45) is 5.73 Å². The van der Waals surface area contributed by atoms with Crippen LogP contribution in [0.2, 0.25) is 5.02 Å². The summed E-state index contributed by atoms with van der Waals surface area (Å²) in [7, 11) is 0. The predicted molar refractivity (Wildman–Crippen MR) is 74.0 cm³/mol. The number of hydrogen-bond acceptors (Lipinski definition) is 2. The van der Waals surface area contributed by atoms with Gasteiger partial charge in [-0.3, -0.25) is 4.98 Å². The lowest BCUT2D eigenvalue weighted by Crippen LogP contribution is -2.14. The van der Waals surface area contributed by atoms with Crippen molar-refractivity contribution in [1.29, 1.82) is 0 Å². The first-order valence-electron chi connectivity index (χ1n) is 5.26. The van der Waals surface area contributed by atoms with E-state index in [1.54, 1.807) is 6.20 Å². The molecule has 0 aliphatic rings. The quantitative estimate of drug-likeness (QED) is 0.938. The van der Waals surface area contributed by atoms with E-state index in [2.05, 4.69) is 20.9 Å². The fourth-order valence-corrected chi connectivity index (χ4v) is 2.54. The van der Waals surface area contributed by atoms with Crippen molar-refractivity contribution >= 4 is 27.5 Å². The summed E-state index contributed by atoms with van der Waals surface area (Å²) in [5.41, 5.74) is 8.14. The van der Waals surface area contributed by atoms with Gasteiger partial charge in [0.1, 0.15) is 0 Å². The maximum Gasteiger partial charge on any atom is 0.0422 e. The zero-order valence-electron chi connectivity index (χ0n) is 9.11. The van der Waals surface area contributed by atoms with E-state index in [1.165, 1.54) is 0 Å². The van der Waals surface area contributed by atoms with Gasteiger partial charge in [0.05, 0.1) is 0 Å². The van der Waals surface area contributed by atoms with Crippen molar-refractivity contribution in [3.63, 3.8) is 0 Å². The Morgan fingerprint density at radius 3 is 2.76 bits per heavy atom. The molecule has 0 saturated carbocycles. The van der Waals surface area contributed by atoms with Crippen LogP contribution in [0.15, 0.2) is 47.1 Å².